The summed E-state index contributed by atoms with van der Waals surface area (Å²) in [5, 5.41) is 0. The summed E-state index contributed by atoms with van der Waals surface area (Å²) in [4.78, 5) is 14.5. The summed E-state index contributed by atoms with van der Waals surface area (Å²) in [6, 6.07) is 0. The Hall–Kier alpha value is -0.640. The fraction of sp³-hybridized carbons (Fsp3) is 0.818. The summed E-state index contributed by atoms with van der Waals surface area (Å²) >= 11 is 5.00. The van der Waals surface area contributed by atoms with Crippen molar-refractivity contribution in [3.8, 4) is 0 Å². The Bertz CT molecular complexity index is 280. The predicted molar refractivity (Wildman–Crippen MR) is 65.5 cm³/mol. The molecule has 0 aromatic rings. The van der Waals surface area contributed by atoms with Gasteiger partial charge in [-0.1, -0.05) is 26.1 Å². The predicted octanol–water partition coefficient (Wildman–Crippen LogP) is 1.56. The number of carbonyl (C=O) groups excluding carboxylic acids is 1. The number of likely N-dealkylation sites (tertiary alicyclic amines) is 1. The molecule has 0 bridgehead atoms. The molecule has 1 aliphatic rings. The average molecular weight is 228 g/mol. The summed E-state index contributed by atoms with van der Waals surface area (Å²) in [5.74, 6) is 0.697. The quantitative estimate of drug-likeness (QED) is 0.746. The molecule has 1 aliphatic heterocycles. The van der Waals surface area contributed by atoms with E-state index in [0.717, 1.165) is 19.5 Å². The molecule has 0 saturated carbocycles. The topological polar surface area (TPSA) is 46.3 Å². The van der Waals surface area contributed by atoms with Crippen molar-refractivity contribution in [2.75, 3.05) is 13.1 Å². The molecule has 1 heterocycles. The van der Waals surface area contributed by atoms with Crippen molar-refractivity contribution < 1.29 is 4.79 Å². The molecule has 1 rings (SSSR count). The van der Waals surface area contributed by atoms with Crippen molar-refractivity contribution in [2.24, 2.45) is 17.1 Å². The molecule has 1 fully saturated rings. The van der Waals surface area contributed by atoms with Crippen molar-refractivity contribution in [1.29, 1.82) is 0 Å². The number of thiocarbonyl (C=S) groups is 1. The minimum Gasteiger partial charge on any atom is -0.392 e. The van der Waals surface area contributed by atoms with Gasteiger partial charge in [-0.3, -0.25) is 4.79 Å². The molecule has 2 N–H and O–H groups in total. The van der Waals surface area contributed by atoms with Crippen LogP contribution in [0.1, 0.15) is 33.6 Å². The van der Waals surface area contributed by atoms with E-state index in [1.165, 1.54) is 0 Å². The van der Waals surface area contributed by atoms with Crippen molar-refractivity contribution in [1.82, 2.24) is 4.90 Å². The van der Waals surface area contributed by atoms with Gasteiger partial charge in [0, 0.05) is 13.1 Å². The molecular weight excluding hydrogens is 208 g/mol. The summed E-state index contributed by atoms with van der Waals surface area (Å²) in [7, 11) is 0. The van der Waals surface area contributed by atoms with Crippen LogP contribution >= 0.6 is 12.2 Å². The molecule has 2 atom stereocenters. The Labute approximate surface area is 97.0 Å². The van der Waals surface area contributed by atoms with Crippen LogP contribution in [-0.4, -0.2) is 28.9 Å². The Morgan fingerprint density at radius 2 is 2.27 bits per heavy atom. The minimum atomic E-state index is -0.653. The van der Waals surface area contributed by atoms with Gasteiger partial charge in [-0.25, -0.2) is 0 Å². The first kappa shape index (κ1) is 12.4. The largest absolute Gasteiger partial charge is 0.392 e. The van der Waals surface area contributed by atoms with Gasteiger partial charge < -0.3 is 10.6 Å². The van der Waals surface area contributed by atoms with Crippen LogP contribution in [0.3, 0.4) is 0 Å². The highest BCUT2D eigenvalue weighted by atomic mass is 32.1. The monoisotopic (exact) mass is 228 g/mol. The fourth-order valence-electron chi connectivity index (χ4n) is 1.90. The van der Waals surface area contributed by atoms with Crippen molar-refractivity contribution in [3.63, 3.8) is 0 Å². The SMILES string of the molecule is CCC(C)(C(=O)N1CCC(C)C1)C(N)=S. The number of amides is 1. The Morgan fingerprint density at radius 3 is 2.60 bits per heavy atom. The lowest BCUT2D eigenvalue weighted by molar-refractivity contribution is -0.136. The van der Waals surface area contributed by atoms with Crippen LogP contribution in [-0.2, 0) is 4.79 Å². The second-order valence-corrected chi connectivity index (χ2v) is 5.13. The van der Waals surface area contributed by atoms with Gasteiger partial charge in [-0.2, -0.15) is 0 Å². The maximum absolute atomic E-state index is 12.2. The van der Waals surface area contributed by atoms with Crippen LogP contribution in [0, 0.1) is 11.3 Å². The Kier molecular flexibility index (Phi) is 3.71. The van der Waals surface area contributed by atoms with Gasteiger partial charge in [-0.05, 0) is 25.7 Å². The first-order valence-electron chi connectivity index (χ1n) is 5.51. The molecule has 0 aromatic heterocycles. The molecule has 15 heavy (non-hydrogen) atoms. The number of rotatable bonds is 3. The molecule has 2 unspecified atom stereocenters. The maximum atomic E-state index is 12.2. The molecule has 3 nitrogen and oxygen atoms in total. The van der Waals surface area contributed by atoms with E-state index in [2.05, 4.69) is 6.92 Å². The van der Waals surface area contributed by atoms with Crippen molar-refractivity contribution in [3.05, 3.63) is 0 Å². The lowest BCUT2D eigenvalue weighted by Gasteiger charge is -2.30. The second-order valence-electron chi connectivity index (χ2n) is 4.69. The minimum absolute atomic E-state index is 0.0989. The summed E-state index contributed by atoms with van der Waals surface area (Å²) in [6.45, 7) is 7.66. The fourth-order valence-corrected chi connectivity index (χ4v) is 2.13. The van der Waals surface area contributed by atoms with Gasteiger partial charge >= 0.3 is 0 Å². The third-order valence-corrected chi connectivity index (χ3v) is 3.88. The van der Waals surface area contributed by atoms with Gasteiger partial charge in [0.2, 0.25) is 5.91 Å². The van der Waals surface area contributed by atoms with E-state index in [1.54, 1.807) is 0 Å². The van der Waals surface area contributed by atoms with Gasteiger partial charge in [0.1, 0.15) is 0 Å². The molecule has 0 radical (unpaired) electrons. The molecule has 1 saturated heterocycles. The van der Waals surface area contributed by atoms with Crippen molar-refractivity contribution in [2.45, 2.75) is 33.6 Å². The molecule has 1 amide bonds. The normalized spacial score (nSPS) is 25.0. The van der Waals surface area contributed by atoms with Gasteiger partial charge in [0.15, 0.2) is 0 Å². The number of carbonyl (C=O) groups is 1. The first-order chi connectivity index (χ1) is 6.91. The number of nitrogens with zero attached hydrogens (tertiary/aromatic N) is 1. The Balaban J connectivity index is 2.78. The summed E-state index contributed by atoms with van der Waals surface area (Å²) in [6.07, 6.45) is 1.76. The third kappa shape index (κ3) is 2.30. The lowest BCUT2D eigenvalue weighted by Crippen LogP contribution is -2.47. The van der Waals surface area contributed by atoms with Crippen LogP contribution in [0.4, 0.5) is 0 Å². The van der Waals surface area contributed by atoms with Gasteiger partial charge in [0.05, 0.1) is 10.4 Å². The average Bonchev–Trinajstić information content (AvgIpc) is 2.62. The third-order valence-electron chi connectivity index (χ3n) is 3.43. The molecular formula is C11H20N2OS. The Morgan fingerprint density at radius 1 is 1.67 bits per heavy atom. The van der Waals surface area contributed by atoms with Crippen LogP contribution in [0.25, 0.3) is 0 Å². The highest BCUT2D eigenvalue weighted by Gasteiger charge is 2.39. The molecule has 0 spiro atoms. The number of hydrogen-bond acceptors (Lipinski definition) is 2. The molecule has 4 heteroatoms. The van der Waals surface area contributed by atoms with Crippen molar-refractivity contribution >= 4 is 23.1 Å². The number of hydrogen-bond donors (Lipinski definition) is 1. The van der Waals surface area contributed by atoms with E-state index in [0.29, 0.717) is 17.3 Å². The van der Waals surface area contributed by atoms with Crippen LogP contribution in [0.15, 0.2) is 0 Å². The summed E-state index contributed by atoms with van der Waals surface area (Å²) < 4.78 is 0. The van der Waals surface area contributed by atoms with E-state index in [9.17, 15) is 4.79 Å². The zero-order valence-electron chi connectivity index (χ0n) is 9.75. The molecule has 0 aromatic carbocycles. The van der Waals surface area contributed by atoms with E-state index < -0.39 is 5.41 Å². The standard InChI is InChI=1S/C11H20N2OS/c1-4-11(3,9(12)15)10(14)13-6-5-8(2)7-13/h8H,4-7H2,1-3H3,(H2,12,15). The first-order valence-corrected chi connectivity index (χ1v) is 5.92. The van der Waals surface area contributed by atoms with Crippen LogP contribution in [0.2, 0.25) is 0 Å². The van der Waals surface area contributed by atoms with E-state index >= 15 is 0 Å². The summed E-state index contributed by atoms with van der Waals surface area (Å²) in [5.41, 5.74) is 5.02. The number of nitrogens with two attached hydrogens (primary N) is 1. The highest BCUT2D eigenvalue weighted by Crippen LogP contribution is 2.28. The molecule has 0 aliphatic carbocycles. The van der Waals surface area contributed by atoms with E-state index in [4.69, 9.17) is 18.0 Å². The van der Waals surface area contributed by atoms with Gasteiger partial charge in [-0.15, -0.1) is 0 Å². The van der Waals surface area contributed by atoms with Gasteiger partial charge in [0.25, 0.3) is 0 Å². The zero-order chi connectivity index (χ0) is 11.6. The smallest absolute Gasteiger partial charge is 0.235 e. The zero-order valence-corrected chi connectivity index (χ0v) is 10.6. The maximum Gasteiger partial charge on any atom is 0.235 e. The van der Waals surface area contributed by atoms with E-state index in [-0.39, 0.29) is 5.91 Å². The molecule has 86 valence electrons. The van der Waals surface area contributed by atoms with Crippen LogP contribution < -0.4 is 5.73 Å². The van der Waals surface area contributed by atoms with Crippen LogP contribution in [0.5, 0.6) is 0 Å². The highest BCUT2D eigenvalue weighted by molar-refractivity contribution is 7.80. The van der Waals surface area contributed by atoms with E-state index in [1.807, 2.05) is 18.7 Å². The lowest BCUT2D eigenvalue weighted by atomic mass is 9.86. The second kappa shape index (κ2) is 4.47.